The highest BCUT2D eigenvalue weighted by molar-refractivity contribution is 9.10. The maximum absolute atomic E-state index is 13.1. The van der Waals surface area contributed by atoms with E-state index in [9.17, 15) is 13.2 Å². The van der Waals surface area contributed by atoms with Crippen molar-refractivity contribution in [2.75, 3.05) is 6.61 Å². The minimum absolute atomic E-state index is 0.0747. The van der Waals surface area contributed by atoms with Gasteiger partial charge < -0.3 is 10.5 Å². The predicted molar refractivity (Wildman–Crippen MR) is 103 cm³/mol. The Hall–Kier alpha value is -1.41. The smallest absolute Gasteiger partial charge is 0.328 e. The van der Waals surface area contributed by atoms with Gasteiger partial charge in [-0.2, -0.15) is 0 Å². The van der Waals surface area contributed by atoms with Crippen molar-refractivity contribution >= 4 is 43.3 Å². The van der Waals surface area contributed by atoms with Crippen LogP contribution in [0.2, 0.25) is 5.02 Å². The molecule has 0 heterocycles. The maximum Gasteiger partial charge on any atom is 0.328 e. The molecule has 0 bridgehead atoms. The highest BCUT2D eigenvalue weighted by Gasteiger charge is 2.74. The summed E-state index contributed by atoms with van der Waals surface area (Å²) in [5, 5.41) is -0.676. The third kappa shape index (κ3) is 3.17. The van der Waals surface area contributed by atoms with E-state index in [4.69, 9.17) is 22.1 Å². The summed E-state index contributed by atoms with van der Waals surface area (Å²) in [7, 11) is -3.86. The zero-order chi connectivity index (χ0) is 19.1. The number of rotatable bonds is 5. The molecule has 0 unspecified atom stereocenters. The van der Waals surface area contributed by atoms with Crippen molar-refractivity contribution in [3.8, 4) is 0 Å². The second-order valence-corrected chi connectivity index (χ2v) is 9.52. The summed E-state index contributed by atoms with van der Waals surface area (Å²) in [4.78, 5) is 12.6. The van der Waals surface area contributed by atoms with Crippen LogP contribution in [0, 0.1) is 0 Å². The summed E-state index contributed by atoms with van der Waals surface area (Å²) >= 11 is 9.19. The van der Waals surface area contributed by atoms with Crippen LogP contribution in [0.5, 0.6) is 0 Å². The zero-order valence-corrected chi connectivity index (χ0v) is 17.0. The standard InChI is InChI=1S/C18H17BrClNO4S/c1-2-25-17(22)18(21)15(11-3-5-12(19)6-4-11)16(18)26(23,24)14-9-7-13(20)8-10-14/h3-10,15-16H,2,21H2,1H3/t15-,16+,18-/m0/s1. The molecule has 1 saturated carbocycles. The van der Waals surface area contributed by atoms with E-state index in [-0.39, 0.29) is 11.5 Å². The van der Waals surface area contributed by atoms with Crippen LogP contribution in [0.3, 0.4) is 0 Å². The first-order valence-corrected chi connectivity index (χ1v) is 10.7. The van der Waals surface area contributed by atoms with Gasteiger partial charge in [-0.05, 0) is 48.9 Å². The Balaban J connectivity index is 2.06. The average molecular weight is 459 g/mol. The lowest BCUT2D eigenvalue weighted by Gasteiger charge is -2.11. The van der Waals surface area contributed by atoms with E-state index in [1.807, 2.05) is 0 Å². The molecule has 2 aromatic carbocycles. The number of carbonyl (C=O) groups is 1. The highest BCUT2D eigenvalue weighted by atomic mass is 79.9. The molecule has 5 nitrogen and oxygen atoms in total. The number of halogens is 2. The fraction of sp³-hybridized carbons (Fsp3) is 0.278. The fourth-order valence-corrected chi connectivity index (χ4v) is 5.82. The third-order valence-corrected chi connectivity index (χ3v) is 7.55. The number of esters is 1. The Morgan fingerprint density at radius 1 is 1.19 bits per heavy atom. The van der Waals surface area contributed by atoms with Crippen molar-refractivity contribution in [1.29, 1.82) is 0 Å². The van der Waals surface area contributed by atoms with E-state index >= 15 is 0 Å². The number of carbonyl (C=O) groups excluding carboxylic acids is 1. The fourth-order valence-electron chi connectivity index (χ4n) is 3.20. The van der Waals surface area contributed by atoms with E-state index in [1.165, 1.54) is 24.3 Å². The van der Waals surface area contributed by atoms with Crippen molar-refractivity contribution in [3.05, 3.63) is 63.6 Å². The van der Waals surface area contributed by atoms with Gasteiger partial charge in [-0.15, -0.1) is 0 Å². The summed E-state index contributed by atoms with van der Waals surface area (Å²) in [5.41, 5.74) is 5.35. The molecule has 8 heteroatoms. The van der Waals surface area contributed by atoms with Gasteiger partial charge in [-0.3, -0.25) is 0 Å². The summed E-state index contributed by atoms with van der Waals surface area (Å²) < 4.78 is 32.2. The molecule has 0 aliphatic heterocycles. The topological polar surface area (TPSA) is 86.5 Å². The van der Waals surface area contributed by atoms with Gasteiger partial charge in [0.05, 0.1) is 11.5 Å². The molecule has 3 rings (SSSR count). The maximum atomic E-state index is 13.1. The van der Waals surface area contributed by atoms with Gasteiger partial charge in [-0.25, -0.2) is 13.2 Å². The van der Waals surface area contributed by atoms with Crippen LogP contribution in [-0.4, -0.2) is 31.8 Å². The molecule has 2 aromatic rings. The first kappa shape index (κ1) is 19.4. The van der Waals surface area contributed by atoms with Gasteiger partial charge >= 0.3 is 5.97 Å². The van der Waals surface area contributed by atoms with E-state index in [2.05, 4.69) is 15.9 Å². The second kappa shape index (κ2) is 6.96. The molecule has 0 radical (unpaired) electrons. The molecular weight excluding hydrogens is 442 g/mol. The lowest BCUT2D eigenvalue weighted by Crippen LogP contribution is -2.41. The quantitative estimate of drug-likeness (QED) is 0.695. The molecule has 138 valence electrons. The molecule has 0 aromatic heterocycles. The minimum atomic E-state index is -3.86. The lowest BCUT2D eigenvalue weighted by molar-refractivity contribution is -0.145. The van der Waals surface area contributed by atoms with E-state index < -0.39 is 32.5 Å². The van der Waals surface area contributed by atoms with Crippen LogP contribution in [0.25, 0.3) is 0 Å². The van der Waals surface area contributed by atoms with Crippen molar-refractivity contribution in [2.24, 2.45) is 5.73 Å². The summed E-state index contributed by atoms with van der Waals surface area (Å²) in [6.45, 7) is 1.78. The number of benzene rings is 2. The summed E-state index contributed by atoms with van der Waals surface area (Å²) in [6, 6.07) is 12.9. The Kier molecular flexibility index (Phi) is 5.18. The SMILES string of the molecule is CCOC(=O)[C@@]1(N)[C@H](S(=O)(=O)c2ccc(Cl)cc2)[C@@H]1c1ccc(Br)cc1. The van der Waals surface area contributed by atoms with Crippen LogP contribution in [0.1, 0.15) is 18.4 Å². The summed E-state index contributed by atoms with van der Waals surface area (Å²) in [5.74, 6) is -1.40. The van der Waals surface area contributed by atoms with Gasteiger partial charge in [0.15, 0.2) is 9.84 Å². The Bertz CT molecular complexity index is 931. The van der Waals surface area contributed by atoms with Crippen LogP contribution >= 0.6 is 27.5 Å². The molecule has 1 aliphatic carbocycles. The normalized spacial score (nSPS) is 24.9. The zero-order valence-electron chi connectivity index (χ0n) is 13.9. The van der Waals surface area contributed by atoms with Crippen LogP contribution in [0.15, 0.2) is 57.9 Å². The monoisotopic (exact) mass is 457 g/mol. The van der Waals surface area contributed by atoms with Gasteiger partial charge in [-0.1, -0.05) is 39.7 Å². The highest BCUT2D eigenvalue weighted by Crippen LogP contribution is 2.56. The number of nitrogens with two attached hydrogens (primary N) is 1. The molecular formula is C18H17BrClNO4S. The molecule has 3 atom stereocenters. The first-order valence-electron chi connectivity index (χ1n) is 7.94. The summed E-state index contributed by atoms with van der Waals surface area (Å²) in [6.07, 6.45) is 0. The van der Waals surface area contributed by atoms with E-state index in [0.29, 0.717) is 10.6 Å². The van der Waals surface area contributed by atoms with Gasteiger partial charge in [0.25, 0.3) is 0 Å². The van der Waals surface area contributed by atoms with Crippen molar-refractivity contribution < 1.29 is 17.9 Å². The molecule has 26 heavy (non-hydrogen) atoms. The van der Waals surface area contributed by atoms with Crippen LogP contribution in [-0.2, 0) is 19.4 Å². The number of sulfone groups is 1. The van der Waals surface area contributed by atoms with Crippen LogP contribution in [0.4, 0.5) is 0 Å². The molecule has 0 saturated heterocycles. The Labute approximate surface area is 165 Å². The average Bonchev–Trinajstić information content (AvgIpc) is 3.25. The third-order valence-electron chi connectivity index (χ3n) is 4.51. The van der Waals surface area contributed by atoms with Crippen molar-refractivity contribution in [2.45, 2.75) is 28.5 Å². The second-order valence-electron chi connectivity index (χ2n) is 6.10. The molecule has 1 aliphatic rings. The largest absolute Gasteiger partial charge is 0.465 e. The predicted octanol–water partition coefficient (Wildman–Crippen LogP) is 3.30. The Morgan fingerprint density at radius 2 is 1.77 bits per heavy atom. The molecule has 1 fully saturated rings. The molecule has 0 spiro atoms. The number of hydrogen-bond donors (Lipinski definition) is 1. The van der Waals surface area contributed by atoms with E-state index in [1.54, 1.807) is 31.2 Å². The van der Waals surface area contributed by atoms with Crippen molar-refractivity contribution in [3.63, 3.8) is 0 Å². The Morgan fingerprint density at radius 3 is 2.31 bits per heavy atom. The van der Waals surface area contributed by atoms with Gasteiger partial charge in [0.1, 0.15) is 10.8 Å². The molecule has 0 amide bonds. The first-order chi connectivity index (χ1) is 12.2. The van der Waals surface area contributed by atoms with Gasteiger partial charge in [0, 0.05) is 15.4 Å². The minimum Gasteiger partial charge on any atom is -0.465 e. The van der Waals surface area contributed by atoms with Crippen LogP contribution < -0.4 is 5.73 Å². The van der Waals surface area contributed by atoms with Gasteiger partial charge in [0.2, 0.25) is 0 Å². The number of ether oxygens (including phenoxy) is 1. The molecule has 2 N–H and O–H groups in total. The number of hydrogen-bond acceptors (Lipinski definition) is 5. The lowest BCUT2D eigenvalue weighted by atomic mass is 10.1. The van der Waals surface area contributed by atoms with Crippen molar-refractivity contribution in [1.82, 2.24) is 0 Å². The van der Waals surface area contributed by atoms with E-state index in [0.717, 1.165) is 4.47 Å².